The van der Waals surface area contributed by atoms with E-state index in [1.165, 1.54) is 11.1 Å². The van der Waals surface area contributed by atoms with Gasteiger partial charge in [-0.25, -0.2) is 0 Å². The molecule has 6 rings (SSSR count). The molecule has 0 amide bonds. The Hall–Kier alpha value is -3.20. The lowest BCUT2D eigenvalue weighted by molar-refractivity contribution is -0.174. The van der Waals surface area contributed by atoms with Crippen LogP contribution in [0.1, 0.15) is 53.4 Å². The van der Waals surface area contributed by atoms with Crippen LogP contribution in [0, 0.1) is 11.8 Å². The van der Waals surface area contributed by atoms with Gasteiger partial charge in [0.1, 0.15) is 0 Å². The minimum atomic E-state index is -0.975. The molecule has 4 aromatic carbocycles. The van der Waals surface area contributed by atoms with E-state index in [2.05, 4.69) is 72.8 Å². The monoisotopic (exact) mass is 460 g/mol. The van der Waals surface area contributed by atoms with Gasteiger partial charge in [0.2, 0.25) is 0 Å². The lowest BCUT2D eigenvalue weighted by Gasteiger charge is -2.59. The minimum Gasteiger partial charge on any atom is -0.385 e. The zero-order valence-corrected chi connectivity index (χ0v) is 19.9. The molecule has 0 unspecified atom stereocenters. The van der Waals surface area contributed by atoms with Gasteiger partial charge in [-0.2, -0.15) is 0 Å². The van der Waals surface area contributed by atoms with Crippen molar-refractivity contribution in [1.29, 1.82) is 0 Å². The van der Waals surface area contributed by atoms with Crippen molar-refractivity contribution in [3.8, 4) is 0 Å². The highest BCUT2D eigenvalue weighted by Crippen LogP contribution is 2.64. The molecule has 2 aliphatic carbocycles. The highest BCUT2D eigenvalue weighted by Gasteiger charge is 2.60. The number of hydrogen-bond donors (Lipinski definition) is 2. The molecule has 4 aromatic rings. The Balaban J connectivity index is 1.54. The molecule has 0 heterocycles. The second-order valence-electron chi connectivity index (χ2n) is 10.5. The van der Waals surface area contributed by atoms with Crippen molar-refractivity contribution >= 4 is 0 Å². The van der Waals surface area contributed by atoms with Gasteiger partial charge in [0.25, 0.3) is 0 Å². The maximum Gasteiger partial charge on any atom is 0.0936 e. The van der Waals surface area contributed by atoms with Gasteiger partial charge in [0, 0.05) is 0 Å². The van der Waals surface area contributed by atoms with E-state index in [9.17, 15) is 10.2 Å². The molecule has 6 atom stereocenters. The molecular weight excluding hydrogens is 428 g/mol. The summed E-state index contributed by atoms with van der Waals surface area (Å²) < 4.78 is 0. The van der Waals surface area contributed by atoms with Gasteiger partial charge in [-0.15, -0.1) is 0 Å². The van der Waals surface area contributed by atoms with Gasteiger partial charge >= 0.3 is 0 Å². The van der Waals surface area contributed by atoms with E-state index in [0.29, 0.717) is 12.8 Å². The average Bonchev–Trinajstić information content (AvgIpc) is 2.93. The molecule has 0 aliphatic heterocycles. The van der Waals surface area contributed by atoms with Crippen molar-refractivity contribution < 1.29 is 10.2 Å². The van der Waals surface area contributed by atoms with E-state index >= 15 is 0 Å². The Labute approximate surface area is 207 Å². The fourth-order valence-electron chi connectivity index (χ4n) is 7.13. The molecule has 2 fully saturated rings. The Kier molecular flexibility index (Phi) is 5.59. The summed E-state index contributed by atoms with van der Waals surface area (Å²) in [5.41, 5.74) is 2.40. The summed E-state index contributed by atoms with van der Waals surface area (Å²) in [6, 6.07) is 41.4. The average molecular weight is 461 g/mol. The lowest BCUT2D eigenvalue weighted by Crippen LogP contribution is -2.56. The molecule has 2 saturated carbocycles. The maximum absolute atomic E-state index is 12.6. The molecular formula is C33H32O2. The van der Waals surface area contributed by atoms with Crippen molar-refractivity contribution in [1.82, 2.24) is 0 Å². The molecule has 0 saturated heterocycles. The van der Waals surface area contributed by atoms with Gasteiger partial charge in [0.05, 0.1) is 11.2 Å². The number of rotatable bonds is 4. The quantitative estimate of drug-likeness (QED) is 0.353. The van der Waals surface area contributed by atoms with Crippen LogP contribution in [0.25, 0.3) is 0 Å². The highest BCUT2D eigenvalue weighted by molar-refractivity contribution is 5.38. The van der Waals surface area contributed by atoms with Crippen LogP contribution in [-0.4, -0.2) is 10.2 Å². The third-order valence-electron chi connectivity index (χ3n) is 8.77. The lowest BCUT2D eigenvalue weighted by atomic mass is 9.48. The van der Waals surface area contributed by atoms with Crippen LogP contribution in [0.15, 0.2) is 121 Å². The van der Waals surface area contributed by atoms with Crippen LogP contribution in [0.3, 0.4) is 0 Å². The largest absolute Gasteiger partial charge is 0.385 e. The fraction of sp³-hybridized carbons (Fsp3) is 0.273. The van der Waals surface area contributed by atoms with Crippen LogP contribution < -0.4 is 0 Å². The molecule has 176 valence electrons. The number of hydrogen-bond acceptors (Lipinski definition) is 2. The summed E-state index contributed by atoms with van der Waals surface area (Å²) in [7, 11) is 0. The molecule has 2 aliphatic rings. The first-order chi connectivity index (χ1) is 17.1. The predicted octanol–water partition coefficient (Wildman–Crippen LogP) is 6.76. The molecule has 0 spiro atoms. The zero-order chi connectivity index (χ0) is 23.9. The van der Waals surface area contributed by atoms with Gasteiger partial charge in [0.15, 0.2) is 0 Å². The van der Waals surface area contributed by atoms with Crippen molar-refractivity contribution in [3.05, 3.63) is 144 Å². The van der Waals surface area contributed by atoms with Crippen molar-refractivity contribution in [3.63, 3.8) is 0 Å². The van der Waals surface area contributed by atoms with Crippen LogP contribution in [0.4, 0.5) is 0 Å². The fourth-order valence-corrected chi connectivity index (χ4v) is 7.13. The number of benzene rings is 4. The van der Waals surface area contributed by atoms with E-state index in [1.807, 2.05) is 48.5 Å². The van der Waals surface area contributed by atoms with Crippen molar-refractivity contribution in [2.24, 2.45) is 11.8 Å². The summed E-state index contributed by atoms with van der Waals surface area (Å²) in [6.45, 7) is 0. The van der Waals surface area contributed by atoms with E-state index < -0.39 is 11.2 Å². The molecule has 2 bridgehead atoms. The molecule has 0 aromatic heterocycles. The summed E-state index contributed by atoms with van der Waals surface area (Å²) in [4.78, 5) is 0. The summed E-state index contributed by atoms with van der Waals surface area (Å²) in [6.07, 6.45) is 1.94. The third kappa shape index (κ3) is 3.73. The summed E-state index contributed by atoms with van der Waals surface area (Å²) in [5, 5.41) is 25.2. The smallest absolute Gasteiger partial charge is 0.0936 e. The topological polar surface area (TPSA) is 40.5 Å². The second-order valence-corrected chi connectivity index (χ2v) is 10.5. The van der Waals surface area contributed by atoms with E-state index in [4.69, 9.17) is 0 Å². The van der Waals surface area contributed by atoms with Gasteiger partial charge < -0.3 is 10.2 Å². The normalized spacial score (nSPS) is 32.2. The Bertz CT molecular complexity index is 1160. The number of fused-ring (bicyclic) bond motifs is 2. The van der Waals surface area contributed by atoms with Crippen LogP contribution in [-0.2, 0) is 11.2 Å². The molecule has 2 heteroatoms. The molecule has 2 N–H and O–H groups in total. The molecule has 2 nitrogen and oxygen atoms in total. The second kappa shape index (κ2) is 8.78. The highest BCUT2D eigenvalue weighted by atomic mass is 16.3. The maximum atomic E-state index is 12.6. The SMILES string of the molecule is O[C@@]1(c2ccccc2)C[C@@H](c2ccccc2)[C@H]2C[C@@H]1[C@H](c1ccccc1)C[C@]2(O)c1ccccc1. The summed E-state index contributed by atoms with van der Waals surface area (Å²) in [5.74, 6) is 0.113. The standard InChI is InChI=1S/C33H32O2/c34-32(26-17-9-3-10-18-26)22-28(24-13-5-1-6-14-24)30-21-31(32)29(25-15-7-2-8-16-25)23-33(30,35)27-19-11-4-12-20-27/h1-20,28-31,34-35H,21-23H2/t28-,29-,30+,31+,32-,33+/m0/s1. The van der Waals surface area contributed by atoms with Gasteiger partial charge in [-0.3, -0.25) is 0 Å². The zero-order valence-electron chi connectivity index (χ0n) is 19.9. The van der Waals surface area contributed by atoms with Crippen LogP contribution in [0.2, 0.25) is 0 Å². The van der Waals surface area contributed by atoms with E-state index in [-0.39, 0.29) is 23.7 Å². The Morgan fingerprint density at radius 3 is 1.11 bits per heavy atom. The molecule has 0 radical (unpaired) electrons. The van der Waals surface area contributed by atoms with E-state index in [0.717, 1.165) is 17.5 Å². The van der Waals surface area contributed by atoms with Gasteiger partial charge in [-0.05, 0) is 65.2 Å². The molecule has 35 heavy (non-hydrogen) atoms. The summed E-state index contributed by atoms with van der Waals surface area (Å²) >= 11 is 0. The Morgan fingerprint density at radius 1 is 0.457 bits per heavy atom. The first-order valence-electron chi connectivity index (χ1n) is 12.8. The Morgan fingerprint density at radius 2 is 0.771 bits per heavy atom. The minimum absolute atomic E-state index is 0.0150. The predicted molar refractivity (Wildman–Crippen MR) is 140 cm³/mol. The van der Waals surface area contributed by atoms with Crippen molar-refractivity contribution in [2.45, 2.75) is 42.3 Å². The van der Waals surface area contributed by atoms with Gasteiger partial charge in [-0.1, -0.05) is 121 Å². The van der Waals surface area contributed by atoms with E-state index in [1.54, 1.807) is 0 Å². The third-order valence-corrected chi connectivity index (χ3v) is 8.77. The number of aliphatic hydroxyl groups is 2. The first kappa shape index (κ1) is 22.3. The van der Waals surface area contributed by atoms with Crippen LogP contribution >= 0.6 is 0 Å². The van der Waals surface area contributed by atoms with Crippen LogP contribution in [0.5, 0.6) is 0 Å². The van der Waals surface area contributed by atoms with Crippen molar-refractivity contribution in [2.75, 3.05) is 0 Å². The first-order valence-corrected chi connectivity index (χ1v) is 12.8.